The Bertz CT molecular complexity index is 559. The molecule has 0 saturated carbocycles. The molecule has 1 aromatic rings. The van der Waals surface area contributed by atoms with Gasteiger partial charge in [-0.2, -0.15) is 13.2 Å². The highest BCUT2D eigenvalue weighted by molar-refractivity contribution is 5.73. The molecule has 0 aliphatic carbocycles. The normalized spacial score (nSPS) is 10.9. The van der Waals surface area contributed by atoms with Gasteiger partial charge in [0.1, 0.15) is 5.75 Å². The smallest absolute Gasteiger partial charge is 0.490 e. The highest BCUT2D eigenvalue weighted by Crippen LogP contribution is 2.14. The van der Waals surface area contributed by atoms with E-state index in [1.54, 1.807) is 0 Å². The molecule has 0 fully saturated rings. The van der Waals surface area contributed by atoms with Crippen molar-refractivity contribution in [1.82, 2.24) is 5.32 Å². The zero-order valence-corrected chi connectivity index (χ0v) is 15.4. The van der Waals surface area contributed by atoms with Crippen LogP contribution in [0.5, 0.6) is 5.75 Å². The summed E-state index contributed by atoms with van der Waals surface area (Å²) in [5, 5.41) is 18.8. The Morgan fingerprint density at radius 2 is 1.67 bits per heavy atom. The number of halogens is 3. The molecule has 27 heavy (non-hydrogen) atoms. The van der Waals surface area contributed by atoms with Gasteiger partial charge in [0, 0.05) is 6.54 Å². The van der Waals surface area contributed by atoms with Gasteiger partial charge in [0.25, 0.3) is 0 Å². The first-order chi connectivity index (χ1) is 12.5. The lowest BCUT2D eigenvalue weighted by molar-refractivity contribution is -0.192. The monoisotopic (exact) mass is 393 g/mol. The van der Waals surface area contributed by atoms with Crippen molar-refractivity contribution in [2.75, 3.05) is 19.7 Å². The second-order valence-corrected chi connectivity index (χ2v) is 6.15. The van der Waals surface area contributed by atoms with Crippen LogP contribution in [0.2, 0.25) is 0 Å². The van der Waals surface area contributed by atoms with Crippen LogP contribution in [0.3, 0.4) is 0 Å². The van der Waals surface area contributed by atoms with Gasteiger partial charge in [-0.05, 0) is 43.0 Å². The second-order valence-electron chi connectivity index (χ2n) is 6.15. The number of carboxylic acid groups (broad SMARTS) is 2. The Hall–Kier alpha value is -2.29. The number of rotatable bonds is 10. The van der Waals surface area contributed by atoms with E-state index >= 15 is 0 Å². The van der Waals surface area contributed by atoms with Gasteiger partial charge >= 0.3 is 18.1 Å². The molecule has 1 rings (SSSR count). The van der Waals surface area contributed by atoms with E-state index in [2.05, 4.69) is 31.3 Å². The minimum Gasteiger partial charge on any atom is -0.493 e. The van der Waals surface area contributed by atoms with Crippen molar-refractivity contribution in [3.05, 3.63) is 29.8 Å². The summed E-state index contributed by atoms with van der Waals surface area (Å²) in [6.45, 7) is 6.39. The van der Waals surface area contributed by atoms with Crippen LogP contribution < -0.4 is 10.1 Å². The van der Waals surface area contributed by atoms with Crippen LogP contribution in [0.25, 0.3) is 0 Å². The van der Waals surface area contributed by atoms with Gasteiger partial charge in [-0.3, -0.25) is 4.79 Å². The molecule has 6 nitrogen and oxygen atoms in total. The Balaban J connectivity index is 0.000000821. The minimum atomic E-state index is -5.08. The van der Waals surface area contributed by atoms with Crippen molar-refractivity contribution in [2.45, 2.75) is 39.3 Å². The molecule has 154 valence electrons. The van der Waals surface area contributed by atoms with Gasteiger partial charge in [-0.1, -0.05) is 26.0 Å². The van der Waals surface area contributed by atoms with Crippen LogP contribution in [-0.2, 0) is 16.0 Å². The fraction of sp³-hybridized carbons (Fsp3) is 0.556. The maximum atomic E-state index is 10.6. The average Bonchev–Trinajstić information content (AvgIpc) is 2.56. The van der Waals surface area contributed by atoms with E-state index < -0.39 is 18.1 Å². The van der Waals surface area contributed by atoms with E-state index in [0.29, 0.717) is 12.5 Å². The highest BCUT2D eigenvalue weighted by Gasteiger charge is 2.38. The number of nitrogens with one attached hydrogen (secondary N) is 1. The number of ether oxygens (including phenoxy) is 1. The number of carboxylic acids is 2. The van der Waals surface area contributed by atoms with Crippen LogP contribution in [0.1, 0.15) is 32.3 Å². The van der Waals surface area contributed by atoms with Crippen molar-refractivity contribution >= 4 is 11.9 Å². The molecular weight excluding hydrogens is 367 g/mol. The van der Waals surface area contributed by atoms with Gasteiger partial charge in [-0.15, -0.1) is 0 Å². The van der Waals surface area contributed by atoms with Crippen LogP contribution in [-0.4, -0.2) is 48.0 Å². The number of hydrogen-bond acceptors (Lipinski definition) is 4. The maximum absolute atomic E-state index is 10.6. The van der Waals surface area contributed by atoms with Crippen molar-refractivity contribution in [1.29, 1.82) is 0 Å². The summed E-state index contributed by atoms with van der Waals surface area (Å²) in [5.41, 5.74) is 1.28. The summed E-state index contributed by atoms with van der Waals surface area (Å²) in [6, 6.07) is 8.20. The third kappa shape index (κ3) is 14.6. The molecule has 0 bridgehead atoms. The summed E-state index contributed by atoms with van der Waals surface area (Å²) in [6.07, 6.45) is -2.90. The topological polar surface area (TPSA) is 95.9 Å². The molecular formula is C18H26F3NO5. The van der Waals surface area contributed by atoms with Gasteiger partial charge in [-0.25, -0.2) is 4.79 Å². The lowest BCUT2D eigenvalue weighted by atomic mass is 10.1. The summed E-state index contributed by atoms with van der Waals surface area (Å²) >= 11 is 0. The second kappa shape index (κ2) is 13.0. The van der Waals surface area contributed by atoms with Crippen molar-refractivity contribution < 1.29 is 37.7 Å². The predicted octanol–water partition coefficient (Wildman–Crippen LogP) is 3.35. The number of carbonyl (C=O) groups is 2. The lowest BCUT2D eigenvalue weighted by Crippen LogP contribution is -2.21. The molecule has 0 unspecified atom stereocenters. The summed E-state index contributed by atoms with van der Waals surface area (Å²) in [7, 11) is 0. The quantitative estimate of drug-likeness (QED) is 0.528. The number of aryl methyl sites for hydroxylation is 1. The van der Waals surface area contributed by atoms with Crippen LogP contribution in [0, 0.1) is 5.92 Å². The van der Waals surface area contributed by atoms with E-state index in [1.807, 2.05) is 12.1 Å². The van der Waals surface area contributed by atoms with Gasteiger partial charge in [0.05, 0.1) is 13.0 Å². The van der Waals surface area contributed by atoms with E-state index in [1.165, 1.54) is 5.56 Å². The van der Waals surface area contributed by atoms with Gasteiger partial charge < -0.3 is 20.3 Å². The summed E-state index contributed by atoms with van der Waals surface area (Å²) < 4.78 is 37.4. The first kappa shape index (κ1) is 24.7. The molecule has 0 atom stereocenters. The number of aliphatic carboxylic acids is 2. The highest BCUT2D eigenvalue weighted by atomic mass is 19.4. The largest absolute Gasteiger partial charge is 0.493 e. The first-order valence-corrected chi connectivity index (χ1v) is 8.46. The van der Waals surface area contributed by atoms with E-state index in [9.17, 15) is 18.0 Å². The Morgan fingerprint density at radius 3 is 2.11 bits per heavy atom. The van der Waals surface area contributed by atoms with E-state index in [4.69, 9.17) is 19.7 Å². The predicted molar refractivity (Wildman–Crippen MR) is 93.9 cm³/mol. The van der Waals surface area contributed by atoms with E-state index in [-0.39, 0.29) is 6.42 Å². The van der Waals surface area contributed by atoms with E-state index in [0.717, 1.165) is 31.7 Å². The number of hydrogen-bond donors (Lipinski definition) is 3. The van der Waals surface area contributed by atoms with Gasteiger partial charge in [0.2, 0.25) is 0 Å². The molecule has 3 N–H and O–H groups in total. The number of alkyl halides is 3. The number of benzene rings is 1. The molecule has 0 radical (unpaired) electrons. The molecule has 0 amide bonds. The lowest BCUT2D eigenvalue weighted by Gasteiger charge is -2.09. The molecule has 0 saturated heterocycles. The molecule has 0 heterocycles. The van der Waals surface area contributed by atoms with Crippen molar-refractivity contribution in [3.8, 4) is 5.75 Å². The Morgan fingerprint density at radius 1 is 1.11 bits per heavy atom. The van der Waals surface area contributed by atoms with Gasteiger partial charge in [0.15, 0.2) is 0 Å². The molecule has 0 spiro atoms. The zero-order chi connectivity index (χ0) is 20.9. The molecule has 0 aliphatic heterocycles. The average molecular weight is 393 g/mol. The zero-order valence-electron chi connectivity index (χ0n) is 15.4. The fourth-order valence-electron chi connectivity index (χ4n) is 1.75. The summed E-state index contributed by atoms with van der Waals surface area (Å²) in [4.78, 5) is 19.2. The molecule has 1 aromatic carbocycles. The third-order valence-electron chi connectivity index (χ3n) is 3.08. The van der Waals surface area contributed by atoms with Crippen molar-refractivity contribution in [2.24, 2.45) is 5.92 Å². The summed E-state index contributed by atoms with van der Waals surface area (Å²) in [5.74, 6) is -2.06. The standard InChI is InChI=1S/C16H25NO3.C2HF3O2/c1-13(2)12-20-15-7-5-14(6-8-15)4-3-10-17-11-9-16(18)19;3-2(4,5)1(6)7/h5-8,13,17H,3-4,9-12H2,1-2H3,(H,18,19);(H,6,7). The van der Waals surface area contributed by atoms with Crippen LogP contribution in [0.4, 0.5) is 13.2 Å². The maximum Gasteiger partial charge on any atom is 0.490 e. The van der Waals surface area contributed by atoms with Crippen molar-refractivity contribution in [3.63, 3.8) is 0 Å². The first-order valence-electron chi connectivity index (χ1n) is 8.46. The minimum absolute atomic E-state index is 0.182. The third-order valence-corrected chi connectivity index (χ3v) is 3.08. The molecule has 0 aliphatic rings. The van der Waals surface area contributed by atoms with Crippen LogP contribution >= 0.6 is 0 Å². The fourth-order valence-corrected chi connectivity index (χ4v) is 1.75. The van der Waals surface area contributed by atoms with Crippen LogP contribution in [0.15, 0.2) is 24.3 Å². The molecule has 0 aromatic heterocycles. The molecule has 9 heteroatoms. The Kier molecular flexibility index (Phi) is 11.9. The SMILES string of the molecule is CC(C)COc1ccc(CCCNCCC(=O)O)cc1.O=C(O)C(F)(F)F. The Labute approximate surface area is 156 Å².